The van der Waals surface area contributed by atoms with Crippen LogP contribution in [0.3, 0.4) is 0 Å². The molecule has 0 N–H and O–H groups in total. The number of halogens is 1. The fraction of sp³-hybridized carbons (Fsp3) is 0.235. The monoisotopic (exact) mass is 284 g/mol. The number of fused-ring (bicyclic) bond motifs is 1. The van der Waals surface area contributed by atoms with Crippen LogP contribution in [0.5, 0.6) is 0 Å². The predicted molar refractivity (Wildman–Crippen MR) is 84.5 cm³/mol. The zero-order valence-electron chi connectivity index (χ0n) is 11.9. The van der Waals surface area contributed by atoms with Crippen LogP contribution < -0.4 is 0 Å². The molecular weight excluding hydrogens is 268 g/mol. The molecule has 1 heterocycles. The maximum absolute atomic E-state index is 5.94. The Bertz CT molecular complexity index is 770. The molecule has 2 aromatic carbocycles. The normalized spacial score (nSPS) is 11.2. The van der Waals surface area contributed by atoms with Gasteiger partial charge < -0.3 is 4.57 Å². The van der Waals surface area contributed by atoms with Crippen LogP contribution in [0.2, 0.25) is 5.02 Å². The van der Waals surface area contributed by atoms with Crippen molar-refractivity contribution in [3.05, 3.63) is 63.9 Å². The average molecular weight is 285 g/mol. The van der Waals surface area contributed by atoms with E-state index in [1.807, 2.05) is 12.1 Å². The lowest BCUT2D eigenvalue weighted by Crippen LogP contribution is -2.02. The van der Waals surface area contributed by atoms with Crippen LogP contribution in [-0.2, 0) is 6.54 Å². The molecule has 2 nitrogen and oxygen atoms in total. The van der Waals surface area contributed by atoms with Crippen molar-refractivity contribution >= 4 is 22.6 Å². The maximum Gasteiger partial charge on any atom is 0.107 e. The van der Waals surface area contributed by atoms with Crippen molar-refractivity contribution in [1.82, 2.24) is 9.55 Å². The number of imidazole rings is 1. The smallest absolute Gasteiger partial charge is 0.107 e. The molecule has 1 aromatic heterocycles. The van der Waals surface area contributed by atoms with Gasteiger partial charge in [0.1, 0.15) is 5.82 Å². The molecule has 0 saturated carbocycles. The van der Waals surface area contributed by atoms with E-state index in [4.69, 9.17) is 11.6 Å². The summed E-state index contributed by atoms with van der Waals surface area (Å²) in [6.07, 6.45) is 0. The molecule has 20 heavy (non-hydrogen) atoms. The fourth-order valence-electron chi connectivity index (χ4n) is 2.47. The molecular formula is C17H17ClN2. The van der Waals surface area contributed by atoms with Crippen molar-refractivity contribution in [3.8, 4) is 0 Å². The minimum Gasteiger partial charge on any atom is -0.324 e. The second kappa shape index (κ2) is 4.95. The zero-order chi connectivity index (χ0) is 14.3. The second-order valence-corrected chi connectivity index (χ2v) is 5.73. The topological polar surface area (TPSA) is 17.8 Å². The van der Waals surface area contributed by atoms with Gasteiger partial charge in [0, 0.05) is 11.6 Å². The first-order chi connectivity index (χ1) is 9.54. The third-order valence-electron chi connectivity index (χ3n) is 3.81. The third kappa shape index (κ3) is 2.32. The van der Waals surface area contributed by atoms with Crippen molar-refractivity contribution < 1.29 is 0 Å². The molecule has 0 aliphatic carbocycles. The van der Waals surface area contributed by atoms with Gasteiger partial charge in [-0.1, -0.05) is 23.7 Å². The first kappa shape index (κ1) is 13.2. The van der Waals surface area contributed by atoms with Gasteiger partial charge in [0.15, 0.2) is 0 Å². The molecule has 0 unspecified atom stereocenters. The van der Waals surface area contributed by atoms with Crippen LogP contribution in [-0.4, -0.2) is 9.55 Å². The number of nitrogens with zero attached hydrogens (tertiary/aromatic N) is 2. The van der Waals surface area contributed by atoms with E-state index >= 15 is 0 Å². The summed E-state index contributed by atoms with van der Waals surface area (Å²) in [4.78, 5) is 4.67. The molecule has 0 atom stereocenters. The number of hydrogen-bond acceptors (Lipinski definition) is 1. The van der Waals surface area contributed by atoms with Crippen molar-refractivity contribution in [2.45, 2.75) is 27.3 Å². The van der Waals surface area contributed by atoms with Crippen molar-refractivity contribution in [3.63, 3.8) is 0 Å². The van der Waals surface area contributed by atoms with Crippen LogP contribution in [0.1, 0.15) is 22.5 Å². The summed E-state index contributed by atoms with van der Waals surface area (Å²) >= 11 is 5.94. The summed E-state index contributed by atoms with van der Waals surface area (Å²) in [6.45, 7) is 7.15. The number of rotatable bonds is 2. The molecule has 0 fully saturated rings. The molecule has 0 saturated heterocycles. The van der Waals surface area contributed by atoms with Gasteiger partial charge in [-0.25, -0.2) is 4.98 Å². The summed E-state index contributed by atoms with van der Waals surface area (Å²) in [5, 5.41) is 0.771. The number of aryl methyl sites for hydroxylation is 3. The summed E-state index contributed by atoms with van der Waals surface area (Å²) < 4.78 is 2.25. The highest BCUT2D eigenvalue weighted by Crippen LogP contribution is 2.22. The Kier molecular flexibility index (Phi) is 3.27. The summed E-state index contributed by atoms with van der Waals surface area (Å²) in [5.74, 6) is 1.04. The fourth-order valence-corrected chi connectivity index (χ4v) is 2.60. The minimum atomic E-state index is 0.771. The molecule has 0 amide bonds. The van der Waals surface area contributed by atoms with Crippen LogP contribution >= 0.6 is 11.6 Å². The Morgan fingerprint density at radius 1 is 1.00 bits per heavy atom. The van der Waals surface area contributed by atoms with E-state index in [-0.39, 0.29) is 0 Å². The lowest BCUT2D eigenvalue weighted by Gasteiger charge is -2.08. The van der Waals surface area contributed by atoms with Gasteiger partial charge in [0.25, 0.3) is 0 Å². The lowest BCUT2D eigenvalue weighted by atomic mass is 10.1. The van der Waals surface area contributed by atoms with Gasteiger partial charge in [-0.2, -0.15) is 0 Å². The van der Waals surface area contributed by atoms with Crippen LogP contribution in [0.15, 0.2) is 36.4 Å². The van der Waals surface area contributed by atoms with E-state index in [2.05, 4.69) is 54.6 Å². The van der Waals surface area contributed by atoms with Gasteiger partial charge in [-0.05, 0) is 61.7 Å². The molecule has 0 aliphatic rings. The van der Waals surface area contributed by atoms with Gasteiger partial charge in [-0.15, -0.1) is 0 Å². The summed E-state index contributed by atoms with van der Waals surface area (Å²) in [7, 11) is 0. The molecule has 3 rings (SSSR count). The SMILES string of the molecule is Cc1cc2nc(C)n(Cc3ccc(Cl)cc3)c2cc1C. The minimum absolute atomic E-state index is 0.771. The quantitative estimate of drug-likeness (QED) is 0.669. The van der Waals surface area contributed by atoms with E-state index in [9.17, 15) is 0 Å². The number of benzene rings is 2. The first-order valence-electron chi connectivity index (χ1n) is 6.73. The largest absolute Gasteiger partial charge is 0.324 e. The lowest BCUT2D eigenvalue weighted by molar-refractivity contribution is 0.786. The Hall–Kier alpha value is -1.80. The number of aromatic nitrogens is 2. The van der Waals surface area contributed by atoms with E-state index in [1.54, 1.807) is 0 Å². The number of hydrogen-bond donors (Lipinski definition) is 0. The van der Waals surface area contributed by atoms with Crippen LogP contribution in [0, 0.1) is 20.8 Å². The molecule has 0 radical (unpaired) electrons. The maximum atomic E-state index is 5.94. The van der Waals surface area contributed by atoms with E-state index in [0.29, 0.717) is 0 Å². The zero-order valence-corrected chi connectivity index (χ0v) is 12.7. The average Bonchev–Trinajstić information content (AvgIpc) is 2.69. The summed E-state index contributed by atoms with van der Waals surface area (Å²) in [5.41, 5.74) is 6.08. The van der Waals surface area contributed by atoms with Crippen molar-refractivity contribution in [1.29, 1.82) is 0 Å². The van der Waals surface area contributed by atoms with Gasteiger partial charge >= 0.3 is 0 Å². The Morgan fingerprint density at radius 2 is 1.65 bits per heavy atom. The van der Waals surface area contributed by atoms with Crippen molar-refractivity contribution in [2.75, 3.05) is 0 Å². The standard InChI is InChI=1S/C17H17ClN2/c1-11-8-16-17(9-12(11)2)20(13(3)19-16)10-14-4-6-15(18)7-5-14/h4-9H,10H2,1-3H3. The van der Waals surface area contributed by atoms with Crippen LogP contribution in [0.4, 0.5) is 0 Å². The Morgan fingerprint density at radius 3 is 2.35 bits per heavy atom. The second-order valence-electron chi connectivity index (χ2n) is 5.30. The molecule has 3 aromatic rings. The molecule has 3 heteroatoms. The van der Waals surface area contributed by atoms with Crippen molar-refractivity contribution in [2.24, 2.45) is 0 Å². The summed E-state index contributed by atoms with van der Waals surface area (Å²) in [6, 6.07) is 12.4. The Balaban J connectivity index is 2.08. The predicted octanol–water partition coefficient (Wildman–Crippen LogP) is 4.66. The molecule has 102 valence electrons. The van der Waals surface area contributed by atoms with E-state index in [1.165, 1.54) is 22.2 Å². The van der Waals surface area contributed by atoms with E-state index < -0.39 is 0 Å². The Labute approximate surface area is 124 Å². The van der Waals surface area contributed by atoms with Crippen LogP contribution in [0.25, 0.3) is 11.0 Å². The first-order valence-corrected chi connectivity index (χ1v) is 7.11. The third-order valence-corrected chi connectivity index (χ3v) is 4.06. The highest BCUT2D eigenvalue weighted by molar-refractivity contribution is 6.30. The molecule has 0 bridgehead atoms. The van der Waals surface area contributed by atoms with Gasteiger partial charge in [0.05, 0.1) is 11.0 Å². The highest BCUT2D eigenvalue weighted by atomic mass is 35.5. The van der Waals surface area contributed by atoms with E-state index in [0.717, 1.165) is 22.9 Å². The molecule has 0 spiro atoms. The van der Waals surface area contributed by atoms with Gasteiger partial charge in [0.2, 0.25) is 0 Å². The highest BCUT2D eigenvalue weighted by Gasteiger charge is 2.09. The van der Waals surface area contributed by atoms with Gasteiger partial charge in [-0.3, -0.25) is 0 Å². The molecule has 0 aliphatic heterocycles.